The molecule has 6 heteroatoms. The molecule has 4 rings (SSSR count). The van der Waals surface area contributed by atoms with Crippen LogP contribution < -0.4 is 14.7 Å². The largest absolute Gasteiger partial charge is 0.366 e. The molecule has 2 aromatic rings. The van der Waals surface area contributed by atoms with Crippen LogP contribution in [0.5, 0.6) is 0 Å². The summed E-state index contributed by atoms with van der Waals surface area (Å²) in [6.07, 6.45) is 6.82. The molecule has 0 amide bonds. The molecule has 5 nitrogen and oxygen atoms in total. The molecule has 3 heterocycles. The van der Waals surface area contributed by atoms with Crippen LogP contribution in [0.25, 0.3) is 0 Å². The highest BCUT2D eigenvalue weighted by molar-refractivity contribution is 5.50. The Bertz CT molecular complexity index is 760. The van der Waals surface area contributed by atoms with Gasteiger partial charge in [-0.15, -0.1) is 0 Å². The maximum atomic E-state index is 14.0. The summed E-state index contributed by atoms with van der Waals surface area (Å²) in [5.41, 5.74) is 0.686. The van der Waals surface area contributed by atoms with Gasteiger partial charge < -0.3 is 14.7 Å². The molecule has 0 bridgehead atoms. The van der Waals surface area contributed by atoms with Crippen molar-refractivity contribution in [1.82, 2.24) is 9.97 Å². The van der Waals surface area contributed by atoms with Crippen molar-refractivity contribution in [2.24, 2.45) is 0 Å². The molecule has 0 aliphatic carbocycles. The number of piperidine rings is 1. The van der Waals surface area contributed by atoms with E-state index < -0.39 is 0 Å². The Morgan fingerprint density at radius 1 is 1.00 bits per heavy atom. The molecule has 0 N–H and O–H groups in total. The van der Waals surface area contributed by atoms with Gasteiger partial charge >= 0.3 is 0 Å². The van der Waals surface area contributed by atoms with E-state index in [1.165, 1.54) is 25.3 Å². The fourth-order valence-electron chi connectivity index (χ4n) is 4.23. The third-order valence-corrected chi connectivity index (χ3v) is 5.78. The Balaban J connectivity index is 1.45. The van der Waals surface area contributed by atoms with Gasteiger partial charge in [-0.1, -0.05) is 19.1 Å². The third kappa shape index (κ3) is 3.84. The number of hydrogen-bond acceptors (Lipinski definition) is 5. The average Bonchev–Trinajstić information content (AvgIpc) is 2.74. The first-order valence-electron chi connectivity index (χ1n) is 10.1. The van der Waals surface area contributed by atoms with Gasteiger partial charge in [0.2, 0.25) is 5.95 Å². The topological polar surface area (TPSA) is 35.5 Å². The summed E-state index contributed by atoms with van der Waals surface area (Å²) in [6.45, 7) is 6.48. The van der Waals surface area contributed by atoms with Gasteiger partial charge in [0.05, 0.1) is 5.69 Å². The van der Waals surface area contributed by atoms with E-state index in [9.17, 15) is 4.39 Å². The number of piperazine rings is 1. The second-order valence-electron chi connectivity index (χ2n) is 7.39. The number of hydrogen-bond donors (Lipinski definition) is 0. The lowest BCUT2D eigenvalue weighted by Crippen LogP contribution is -2.47. The van der Waals surface area contributed by atoms with Crippen LogP contribution >= 0.6 is 0 Å². The Morgan fingerprint density at radius 3 is 2.56 bits per heavy atom. The Labute approximate surface area is 160 Å². The highest BCUT2D eigenvalue weighted by Crippen LogP contribution is 2.27. The zero-order valence-corrected chi connectivity index (χ0v) is 16.0. The minimum atomic E-state index is -0.153. The molecule has 2 aliphatic rings. The Kier molecular flexibility index (Phi) is 5.41. The minimum absolute atomic E-state index is 0.153. The second-order valence-corrected chi connectivity index (χ2v) is 7.39. The summed E-state index contributed by atoms with van der Waals surface area (Å²) in [7, 11) is 0. The standard InChI is InChI=1S/C21H28FN5/c1-2-17-7-5-6-12-27(17)20-10-11-23-21(24-20)26-15-13-25(14-16-26)19-9-4-3-8-18(19)22/h3-4,8-11,17H,2,5-7,12-16H2,1H3. The predicted octanol–water partition coefficient (Wildman–Crippen LogP) is 3.71. The number of rotatable bonds is 4. The number of nitrogens with zero attached hydrogens (tertiary/aromatic N) is 5. The lowest BCUT2D eigenvalue weighted by Gasteiger charge is -2.38. The smallest absolute Gasteiger partial charge is 0.227 e. The van der Waals surface area contributed by atoms with E-state index in [0.29, 0.717) is 11.7 Å². The summed E-state index contributed by atoms with van der Waals surface area (Å²) < 4.78 is 14.0. The van der Waals surface area contributed by atoms with Crippen molar-refractivity contribution >= 4 is 17.5 Å². The van der Waals surface area contributed by atoms with Gasteiger partial charge in [0.15, 0.2) is 0 Å². The van der Waals surface area contributed by atoms with E-state index in [4.69, 9.17) is 4.98 Å². The van der Waals surface area contributed by atoms with E-state index >= 15 is 0 Å². The summed E-state index contributed by atoms with van der Waals surface area (Å²) >= 11 is 0. The molecule has 144 valence electrons. The van der Waals surface area contributed by atoms with Crippen LogP contribution in [-0.2, 0) is 0 Å². The Morgan fingerprint density at radius 2 is 1.78 bits per heavy atom. The van der Waals surface area contributed by atoms with E-state index in [-0.39, 0.29) is 5.82 Å². The first-order chi connectivity index (χ1) is 13.3. The van der Waals surface area contributed by atoms with Crippen LogP contribution in [-0.4, -0.2) is 48.7 Å². The minimum Gasteiger partial charge on any atom is -0.366 e. The molecule has 2 aliphatic heterocycles. The predicted molar refractivity (Wildman–Crippen MR) is 108 cm³/mol. The van der Waals surface area contributed by atoms with Crippen LogP contribution in [0.15, 0.2) is 36.5 Å². The van der Waals surface area contributed by atoms with Gasteiger partial charge in [-0.3, -0.25) is 0 Å². The van der Waals surface area contributed by atoms with Gasteiger partial charge in [-0.05, 0) is 43.9 Å². The number of halogens is 1. The van der Waals surface area contributed by atoms with E-state index in [2.05, 4.69) is 26.6 Å². The molecule has 0 saturated carbocycles. The zero-order chi connectivity index (χ0) is 18.6. The van der Waals surface area contributed by atoms with Crippen molar-refractivity contribution in [2.75, 3.05) is 47.4 Å². The number of anilines is 3. The zero-order valence-electron chi connectivity index (χ0n) is 16.0. The average molecular weight is 369 g/mol. The van der Waals surface area contributed by atoms with Gasteiger partial charge in [-0.25, -0.2) is 9.37 Å². The maximum absolute atomic E-state index is 14.0. The molecule has 27 heavy (non-hydrogen) atoms. The third-order valence-electron chi connectivity index (χ3n) is 5.78. The van der Waals surface area contributed by atoms with Crippen LogP contribution in [0.1, 0.15) is 32.6 Å². The summed E-state index contributed by atoms with van der Waals surface area (Å²) in [4.78, 5) is 16.2. The molecular formula is C21H28FN5. The van der Waals surface area contributed by atoms with Crippen molar-refractivity contribution < 1.29 is 4.39 Å². The highest BCUT2D eigenvalue weighted by atomic mass is 19.1. The monoisotopic (exact) mass is 369 g/mol. The molecule has 0 spiro atoms. The number of benzene rings is 1. The lowest BCUT2D eigenvalue weighted by molar-refractivity contribution is 0.446. The van der Waals surface area contributed by atoms with E-state index in [1.54, 1.807) is 6.07 Å². The number of para-hydroxylation sites is 1. The fraction of sp³-hybridized carbons (Fsp3) is 0.524. The lowest BCUT2D eigenvalue weighted by atomic mass is 10.0. The molecule has 1 aromatic carbocycles. The van der Waals surface area contributed by atoms with Crippen LogP contribution in [0.3, 0.4) is 0 Å². The van der Waals surface area contributed by atoms with Crippen molar-refractivity contribution in [3.63, 3.8) is 0 Å². The molecule has 2 fully saturated rings. The van der Waals surface area contributed by atoms with Gasteiger partial charge in [0.25, 0.3) is 0 Å². The molecular weight excluding hydrogens is 341 g/mol. The SMILES string of the molecule is CCC1CCCCN1c1ccnc(N2CCN(c3ccccc3F)CC2)n1. The van der Waals surface area contributed by atoms with E-state index in [1.807, 2.05) is 24.4 Å². The normalized spacial score (nSPS) is 20.8. The van der Waals surface area contributed by atoms with Crippen LogP contribution in [0.4, 0.5) is 21.8 Å². The number of aromatic nitrogens is 2. The van der Waals surface area contributed by atoms with Crippen molar-refractivity contribution in [2.45, 2.75) is 38.6 Å². The van der Waals surface area contributed by atoms with Crippen molar-refractivity contribution in [3.8, 4) is 0 Å². The Hall–Kier alpha value is -2.37. The molecule has 1 atom stereocenters. The van der Waals surface area contributed by atoms with Gasteiger partial charge in [-0.2, -0.15) is 4.98 Å². The molecule has 1 unspecified atom stereocenters. The van der Waals surface area contributed by atoms with Crippen LogP contribution in [0.2, 0.25) is 0 Å². The maximum Gasteiger partial charge on any atom is 0.227 e. The summed E-state index contributed by atoms with van der Waals surface area (Å²) in [5, 5.41) is 0. The van der Waals surface area contributed by atoms with Crippen LogP contribution in [0, 0.1) is 5.82 Å². The molecule has 0 radical (unpaired) electrons. The fourth-order valence-corrected chi connectivity index (χ4v) is 4.23. The highest BCUT2D eigenvalue weighted by Gasteiger charge is 2.24. The molecule has 1 aromatic heterocycles. The van der Waals surface area contributed by atoms with Crippen molar-refractivity contribution in [1.29, 1.82) is 0 Å². The quantitative estimate of drug-likeness (QED) is 0.821. The second kappa shape index (κ2) is 8.11. The molecule has 2 saturated heterocycles. The van der Waals surface area contributed by atoms with Gasteiger partial charge in [0, 0.05) is 45.0 Å². The first-order valence-corrected chi connectivity index (χ1v) is 10.1. The summed E-state index contributed by atoms with van der Waals surface area (Å²) in [5.74, 6) is 1.68. The van der Waals surface area contributed by atoms with Crippen molar-refractivity contribution in [3.05, 3.63) is 42.3 Å². The van der Waals surface area contributed by atoms with E-state index in [0.717, 1.165) is 50.9 Å². The summed E-state index contributed by atoms with van der Waals surface area (Å²) in [6, 6.07) is 9.62. The van der Waals surface area contributed by atoms with Gasteiger partial charge in [0.1, 0.15) is 11.6 Å². The first kappa shape index (κ1) is 18.0.